The highest BCUT2D eigenvalue weighted by atomic mass is 35.5. The third-order valence-electron chi connectivity index (χ3n) is 3.78. The van der Waals surface area contributed by atoms with Gasteiger partial charge in [-0.05, 0) is 35.4 Å². The highest BCUT2D eigenvalue weighted by Crippen LogP contribution is 2.40. The monoisotopic (exact) mass is 423 g/mol. The highest BCUT2D eigenvalue weighted by molar-refractivity contribution is 8.00. The number of aromatic nitrogens is 2. The summed E-state index contributed by atoms with van der Waals surface area (Å²) >= 11 is 9.32. The van der Waals surface area contributed by atoms with Crippen LogP contribution >= 0.6 is 34.7 Å². The molecule has 2 aromatic carbocycles. The van der Waals surface area contributed by atoms with E-state index in [1.54, 1.807) is 23.9 Å². The summed E-state index contributed by atoms with van der Waals surface area (Å²) in [6.45, 7) is 1.61. The van der Waals surface area contributed by atoms with E-state index in [9.17, 15) is 4.39 Å². The van der Waals surface area contributed by atoms with Crippen molar-refractivity contribution in [2.75, 3.05) is 18.5 Å². The van der Waals surface area contributed by atoms with Crippen molar-refractivity contribution in [2.24, 2.45) is 0 Å². The van der Waals surface area contributed by atoms with E-state index in [1.807, 2.05) is 12.1 Å². The number of nitrogens with one attached hydrogen (secondary N) is 1. The second kappa shape index (κ2) is 8.33. The lowest BCUT2D eigenvalue weighted by atomic mass is 10.2. The topological polar surface area (TPSA) is 56.3 Å². The number of anilines is 1. The fourth-order valence-electron chi connectivity index (χ4n) is 2.51. The van der Waals surface area contributed by atoms with Crippen molar-refractivity contribution in [2.45, 2.75) is 16.6 Å². The fraction of sp³-hybridized carbons (Fsp3) is 0.222. The van der Waals surface area contributed by atoms with E-state index in [-0.39, 0.29) is 5.82 Å². The van der Waals surface area contributed by atoms with Gasteiger partial charge >= 0.3 is 0 Å². The van der Waals surface area contributed by atoms with E-state index >= 15 is 0 Å². The predicted molar refractivity (Wildman–Crippen MR) is 106 cm³/mol. The van der Waals surface area contributed by atoms with Crippen molar-refractivity contribution in [1.82, 2.24) is 10.2 Å². The van der Waals surface area contributed by atoms with Crippen LogP contribution in [0.25, 0.3) is 0 Å². The predicted octanol–water partition coefficient (Wildman–Crippen LogP) is 5.01. The molecule has 27 heavy (non-hydrogen) atoms. The minimum atomic E-state index is -0.243. The first-order valence-corrected chi connectivity index (χ1v) is 10.4. The van der Waals surface area contributed by atoms with E-state index < -0.39 is 0 Å². The summed E-state index contributed by atoms with van der Waals surface area (Å²) in [6, 6.07) is 10.2. The maximum absolute atomic E-state index is 12.9. The molecular weight excluding hydrogens is 409 g/mol. The molecule has 9 heteroatoms. The number of thioether (sulfide) groups is 1. The van der Waals surface area contributed by atoms with Crippen LogP contribution in [-0.4, -0.2) is 23.4 Å². The molecular formula is C18H15ClFN3O2S2. The molecule has 0 saturated heterocycles. The Morgan fingerprint density at radius 1 is 1.11 bits per heavy atom. The Kier molecular flexibility index (Phi) is 5.66. The van der Waals surface area contributed by atoms with Gasteiger partial charge in [-0.25, -0.2) is 4.39 Å². The first-order chi connectivity index (χ1) is 13.2. The van der Waals surface area contributed by atoms with E-state index in [0.717, 1.165) is 20.6 Å². The molecule has 1 aliphatic rings. The lowest BCUT2D eigenvalue weighted by Crippen LogP contribution is -2.15. The van der Waals surface area contributed by atoms with Crippen LogP contribution in [-0.2, 0) is 12.3 Å². The van der Waals surface area contributed by atoms with Gasteiger partial charge in [0.2, 0.25) is 5.13 Å². The van der Waals surface area contributed by atoms with Crippen LogP contribution in [0.5, 0.6) is 11.5 Å². The van der Waals surface area contributed by atoms with Crippen LogP contribution in [0.3, 0.4) is 0 Å². The summed E-state index contributed by atoms with van der Waals surface area (Å²) in [5.74, 6) is 1.75. The summed E-state index contributed by atoms with van der Waals surface area (Å²) in [7, 11) is 0. The zero-order chi connectivity index (χ0) is 18.6. The summed E-state index contributed by atoms with van der Waals surface area (Å²) in [5, 5.41) is 12.8. The zero-order valence-corrected chi connectivity index (χ0v) is 16.5. The number of rotatable bonds is 6. The normalized spacial score (nSPS) is 12.8. The van der Waals surface area contributed by atoms with Crippen molar-refractivity contribution in [3.63, 3.8) is 0 Å². The summed E-state index contributed by atoms with van der Waals surface area (Å²) in [5.41, 5.74) is 2.01. The fourth-order valence-corrected chi connectivity index (χ4v) is 4.48. The molecule has 1 N–H and O–H groups in total. The van der Waals surface area contributed by atoms with E-state index in [0.29, 0.717) is 42.0 Å². The Morgan fingerprint density at radius 3 is 2.78 bits per heavy atom. The van der Waals surface area contributed by atoms with Gasteiger partial charge in [0.15, 0.2) is 15.8 Å². The Morgan fingerprint density at radius 2 is 1.93 bits per heavy atom. The first kappa shape index (κ1) is 18.3. The van der Waals surface area contributed by atoms with Gasteiger partial charge in [-0.3, -0.25) is 0 Å². The van der Waals surface area contributed by atoms with Crippen LogP contribution in [0, 0.1) is 5.82 Å². The second-order valence-electron chi connectivity index (χ2n) is 5.74. The quantitative estimate of drug-likeness (QED) is 0.562. The molecule has 1 aliphatic heterocycles. The third-order valence-corrected chi connectivity index (χ3v) is 6.15. The third kappa shape index (κ3) is 4.63. The molecule has 3 aromatic rings. The maximum Gasteiger partial charge on any atom is 0.206 e. The van der Waals surface area contributed by atoms with Crippen LogP contribution in [0.4, 0.5) is 9.52 Å². The SMILES string of the molecule is Fc1ccc(CNc2nnc(SCc3cc(Cl)c4c(c3)OCCO4)s2)cc1. The van der Waals surface area contributed by atoms with Gasteiger partial charge in [-0.1, -0.05) is 46.8 Å². The summed E-state index contributed by atoms with van der Waals surface area (Å²) < 4.78 is 24.9. The minimum Gasteiger partial charge on any atom is -0.486 e. The van der Waals surface area contributed by atoms with Crippen molar-refractivity contribution in [3.05, 3.63) is 58.4 Å². The van der Waals surface area contributed by atoms with Crippen LogP contribution in [0.15, 0.2) is 40.7 Å². The largest absolute Gasteiger partial charge is 0.486 e. The average molecular weight is 424 g/mol. The molecule has 5 nitrogen and oxygen atoms in total. The van der Waals surface area contributed by atoms with Gasteiger partial charge in [-0.2, -0.15) is 0 Å². The molecule has 0 bridgehead atoms. The standard InChI is InChI=1S/C18H15ClFN3O2S2/c19-14-7-12(8-15-16(14)25-6-5-24-15)10-26-18-23-22-17(27-18)21-9-11-1-3-13(20)4-2-11/h1-4,7-8H,5-6,9-10H2,(H,21,22). The van der Waals surface area contributed by atoms with Gasteiger partial charge < -0.3 is 14.8 Å². The van der Waals surface area contributed by atoms with E-state index in [1.165, 1.54) is 23.5 Å². The Bertz CT molecular complexity index is 937. The minimum absolute atomic E-state index is 0.243. The van der Waals surface area contributed by atoms with Crippen molar-refractivity contribution >= 4 is 39.8 Å². The van der Waals surface area contributed by atoms with E-state index in [2.05, 4.69) is 15.5 Å². The van der Waals surface area contributed by atoms with Crippen LogP contribution in [0.2, 0.25) is 5.02 Å². The molecule has 0 unspecified atom stereocenters. The molecule has 140 valence electrons. The Balaban J connectivity index is 1.34. The number of fused-ring (bicyclic) bond motifs is 1. The lowest BCUT2D eigenvalue weighted by molar-refractivity contribution is 0.171. The molecule has 1 aromatic heterocycles. The Hall–Kier alpha value is -2.03. The number of benzene rings is 2. The van der Waals surface area contributed by atoms with Crippen molar-refractivity contribution in [1.29, 1.82) is 0 Å². The molecule has 2 heterocycles. The smallest absolute Gasteiger partial charge is 0.206 e. The number of ether oxygens (including phenoxy) is 2. The number of hydrogen-bond acceptors (Lipinski definition) is 7. The highest BCUT2D eigenvalue weighted by Gasteiger charge is 2.17. The molecule has 0 spiro atoms. The molecule has 4 rings (SSSR count). The molecule has 0 saturated carbocycles. The molecule has 0 atom stereocenters. The zero-order valence-electron chi connectivity index (χ0n) is 14.1. The van der Waals surface area contributed by atoms with Gasteiger partial charge in [0.1, 0.15) is 19.0 Å². The van der Waals surface area contributed by atoms with Crippen molar-refractivity contribution < 1.29 is 13.9 Å². The van der Waals surface area contributed by atoms with Gasteiger partial charge in [0.05, 0.1) is 5.02 Å². The molecule has 0 radical (unpaired) electrons. The first-order valence-electron chi connectivity index (χ1n) is 8.20. The van der Waals surface area contributed by atoms with Crippen LogP contribution < -0.4 is 14.8 Å². The Labute approximate surface area is 168 Å². The van der Waals surface area contributed by atoms with Gasteiger partial charge in [0, 0.05) is 12.3 Å². The van der Waals surface area contributed by atoms with Crippen LogP contribution in [0.1, 0.15) is 11.1 Å². The van der Waals surface area contributed by atoms with Gasteiger partial charge in [0.25, 0.3) is 0 Å². The number of nitrogens with zero attached hydrogens (tertiary/aromatic N) is 2. The van der Waals surface area contributed by atoms with E-state index in [4.69, 9.17) is 21.1 Å². The molecule has 0 fully saturated rings. The summed E-state index contributed by atoms with van der Waals surface area (Å²) in [4.78, 5) is 0. The second-order valence-corrected chi connectivity index (χ2v) is 8.35. The lowest BCUT2D eigenvalue weighted by Gasteiger charge is -2.20. The van der Waals surface area contributed by atoms with Crippen molar-refractivity contribution in [3.8, 4) is 11.5 Å². The van der Waals surface area contributed by atoms with Gasteiger partial charge in [-0.15, -0.1) is 10.2 Å². The molecule has 0 amide bonds. The maximum atomic E-state index is 12.9. The number of halogens is 2. The average Bonchev–Trinajstić information content (AvgIpc) is 3.14. The summed E-state index contributed by atoms with van der Waals surface area (Å²) in [6.07, 6.45) is 0. The molecule has 0 aliphatic carbocycles. The number of hydrogen-bond donors (Lipinski definition) is 1.